The predicted molar refractivity (Wildman–Crippen MR) is 76.4 cm³/mol. The summed E-state index contributed by atoms with van der Waals surface area (Å²) >= 11 is 0. The number of ether oxygens (including phenoxy) is 1. The lowest BCUT2D eigenvalue weighted by molar-refractivity contribution is 0.194. The van der Waals surface area contributed by atoms with Crippen LogP contribution in [0.15, 0.2) is 18.2 Å². The fourth-order valence-corrected chi connectivity index (χ4v) is 2.26. The second-order valence-corrected chi connectivity index (χ2v) is 5.99. The van der Waals surface area contributed by atoms with Gasteiger partial charge in [0.05, 0.1) is 13.2 Å². The van der Waals surface area contributed by atoms with E-state index in [0.29, 0.717) is 0 Å². The maximum Gasteiger partial charge on any atom is 0.126 e. The highest BCUT2D eigenvalue weighted by Crippen LogP contribution is 2.35. The van der Waals surface area contributed by atoms with Crippen LogP contribution in [0.2, 0.25) is 0 Å². The Labute approximate surface area is 110 Å². The molecule has 3 nitrogen and oxygen atoms in total. The van der Waals surface area contributed by atoms with Crippen LogP contribution in [0, 0.1) is 5.41 Å². The molecule has 1 unspecified atom stereocenters. The first-order valence-electron chi connectivity index (χ1n) is 6.32. The zero-order valence-corrected chi connectivity index (χ0v) is 12.3. The monoisotopic (exact) mass is 251 g/mol. The molecule has 1 aromatic carbocycles. The van der Waals surface area contributed by atoms with Gasteiger partial charge in [0.25, 0.3) is 0 Å². The molecule has 0 aromatic heterocycles. The summed E-state index contributed by atoms with van der Waals surface area (Å²) in [7, 11) is 3.68. The number of benzene rings is 1. The molecule has 0 amide bonds. The van der Waals surface area contributed by atoms with Gasteiger partial charge in [-0.3, -0.25) is 0 Å². The van der Waals surface area contributed by atoms with Crippen LogP contribution in [-0.2, 0) is 0 Å². The summed E-state index contributed by atoms with van der Waals surface area (Å²) in [5, 5.41) is 9.96. The standard InChI is InChI=1S/C15H25NO2/c1-11(17)14-12(8-7-9-13(14)18-6)16(5)10-15(2,3)4/h7-9,11,17H,10H2,1-6H3. The van der Waals surface area contributed by atoms with Crippen molar-refractivity contribution in [2.24, 2.45) is 5.41 Å². The lowest BCUT2D eigenvalue weighted by Crippen LogP contribution is -2.30. The van der Waals surface area contributed by atoms with Gasteiger partial charge in [0.2, 0.25) is 0 Å². The maximum atomic E-state index is 9.96. The van der Waals surface area contributed by atoms with Crippen LogP contribution in [0.25, 0.3) is 0 Å². The highest BCUT2D eigenvalue weighted by Gasteiger charge is 2.20. The first-order chi connectivity index (χ1) is 8.26. The summed E-state index contributed by atoms with van der Waals surface area (Å²) in [5.74, 6) is 0.739. The normalized spacial score (nSPS) is 13.3. The summed E-state index contributed by atoms with van der Waals surface area (Å²) in [6, 6.07) is 5.87. The quantitative estimate of drug-likeness (QED) is 0.891. The van der Waals surface area contributed by atoms with E-state index in [0.717, 1.165) is 23.5 Å². The molecular formula is C15H25NO2. The largest absolute Gasteiger partial charge is 0.496 e. The zero-order chi connectivity index (χ0) is 13.9. The van der Waals surface area contributed by atoms with Crippen molar-refractivity contribution in [3.8, 4) is 5.75 Å². The van der Waals surface area contributed by atoms with Crippen molar-refractivity contribution in [2.75, 3.05) is 25.6 Å². The van der Waals surface area contributed by atoms with Crippen LogP contribution in [-0.4, -0.2) is 25.8 Å². The Balaban J connectivity index is 3.15. The van der Waals surface area contributed by atoms with Crippen molar-refractivity contribution >= 4 is 5.69 Å². The molecule has 3 heteroatoms. The fraction of sp³-hybridized carbons (Fsp3) is 0.600. The number of aliphatic hydroxyl groups excluding tert-OH is 1. The van der Waals surface area contributed by atoms with Crippen molar-refractivity contribution in [3.05, 3.63) is 23.8 Å². The zero-order valence-electron chi connectivity index (χ0n) is 12.3. The van der Waals surface area contributed by atoms with Gasteiger partial charge >= 0.3 is 0 Å². The highest BCUT2D eigenvalue weighted by atomic mass is 16.5. The van der Waals surface area contributed by atoms with Crippen molar-refractivity contribution in [3.63, 3.8) is 0 Å². The van der Waals surface area contributed by atoms with E-state index in [1.807, 2.05) is 25.2 Å². The molecule has 0 saturated heterocycles. The molecule has 0 bridgehead atoms. The molecule has 1 aromatic rings. The van der Waals surface area contributed by atoms with Gasteiger partial charge in [-0.25, -0.2) is 0 Å². The lowest BCUT2D eigenvalue weighted by atomic mass is 9.95. The van der Waals surface area contributed by atoms with Gasteiger partial charge in [0.15, 0.2) is 0 Å². The summed E-state index contributed by atoms with van der Waals surface area (Å²) < 4.78 is 5.34. The summed E-state index contributed by atoms with van der Waals surface area (Å²) in [6.45, 7) is 9.29. The van der Waals surface area contributed by atoms with E-state index < -0.39 is 6.10 Å². The molecule has 0 aliphatic carbocycles. The van der Waals surface area contributed by atoms with Crippen LogP contribution < -0.4 is 9.64 Å². The first kappa shape index (κ1) is 14.8. The average Bonchev–Trinajstić information content (AvgIpc) is 2.25. The Hall–Kier alpha value is -1.22. The number of rotatable bonds is 4. The summed E-state index contributed by atoms with van der Waals surface area (Å²) in [6.07, 6.45) is -0.543. The second-order valence-electron chi connectivity index (χ2n) is 5.99. The van der Waals surface area contributed by atoms with E-state index in [9.17, 15) is 5.11 Å². The second kappa shape index (κ2) is 5.61. The van der Waals surface area contributed by atoms with E-state index in [1.165, 1.54) is 0 Å². The van der Waals surface area contributed by atoms with Crippen molar-refractivity contribution in [2.45, 2.75) is 33.8 Å². The minimum atomic E-state index is -0.543. The molecule has 0 radical (unpaired) electrons. The van der Waals surface area contributed by atoms with E-state index in [-0.39, 0.29) is 5.41 Å². The third kappa shape index (κ3) is 3.64. The smallest absolute Gasteiger partial charge is 0.126 e. The Morgan fingerprint density at radius 2 is 1.94 bits per heavy atom. The van der Waals surface area contributed by atoms with Crippen molar-refractivity contribution < 1.29 is 9.84 Å². The van der Waals surface area contributed by atoms with Gasteiger partial charge in [0, 0.05) is 24.8 Å². The highest BCUT2D eigenvalue weighted by molar-refractivity contribution is 5.60. The molecular weight excluding hydrogens is 226 g/mol. The van der Waals surface area contributed by atoms with Crippen LogP contribution >= 0.6 is 0 Å². The molecule has 102 valence electrons. The Morgan fingerprint density at radius 1 is 1.33 bits per heavy atom. The van der Waals surface area contributed by atoms with Gasteiger partial charge < -0.3 is 14.7 Å². The van der Waals surface area contributed by atoms with E-state index in [4.69, 9.17) is 4.74 Å². The van der Waals surface area contributed by atoms with Crippen molar-refractivity contribution in [1.82, 2.24) is 0 Å². The van der Waals surface area contributed by atoms with Crippen LogP contribution in [0.3, 0.4) is 0 Å². The molecule has 18 heavy (non-hydrogen) atoms. The van der Waals surface area contributed by atoms with E-state index in [1.54, 1.807) is 14.0 Å². The van der Waals surface area contributed by atoms with Gasteiger partial charge in [0.1, 0.15) is 5.75 Å². The van der Waals surface area contributed by atoms with Gasteiger partial charge in [-0.1, -0.05) is 26.8 Å². The van der Waals surface area contributed by atoms with Gasteiger partial charge in [-0.15, -0.1) is 0 Å². The van der Waals surface area contributed by atoms with Gasteiger partial charge in [-0.2, -0.15) is 0 Å². The van der Waals surface area contributed by atoms with Crippen LogP contribution in [0.5, 0.6) is 5.75 Å². The predicted octanol–water partition coefficient (Wildman–Crippen LogP) is 3.23. The number of methoxy groups -OCH3 is 1. The molecule has 0 spiro atoms. The molecule has 1 rings (SSSR count). The average molecular weight is 251 g/mol. The number of aliphatic hydroxyl groups is 1. The van der Waals surface area contributed by atoms with Crippen LogP contribution in [0.1, 0.15) is 39.4 Å². The third-order valence-electron chi connectivity index (χ3n) is 2.80. The number of hydrogen-bond donors (Lipinski definition) is 1. The van der Waals surface area contributed by atoms with E-state index in [2.05, 4.69) is 25.7 Å². The summed E-state index contributed by atoms with van der Waals surface area (Å²) in [4.78, 5) is 2.17. The van der Waals surface area contributed by atoms with Crippen molar-refractivity contribution in [1.29, 1.82) is 0 Å². The van der Waals surface area contributed by atoms with E-state index >= 15 is 0 Å². The minimum absolute atomic E-state index is 0.202. The minimum Gasteiger partial charge on any atom is -0.496 e. The summed E-state index contributed by atoms with van der Waals surface area (Å²) in [5.41, 5.74) is 2.08. The molecule has 1 N–H and O–H groups in total. The third-order valence-corrected chi connectivity index (χ3v) is 2.80. The Morgan fingerprint density at radius 3 is 2.39 bits per heavy atom. The molecule has 0 aliphatic rings. The molecule has 1 atom stereocenters. The Bertz CT molecular complexity index is 394. The number of hydrogen-bond acceptors (Lipinski definition) is 3. The SMILES string of the molecule is COc1cccc(N(C)CC(C)(C)C)c1C(C)O. The molecule has 0 saturated carbocycles. The molecule has 0 aliphatic heterocycles. The topological polar surface area (TPSA) is 32.7 Å². The number of nitrogens with zero attached hydrogens (tertiary/aromatic N) is 1. The first-order valence-corrected chi connectivity index (χ1v) is 6.32. The molecule has 0 heterocycles. The number of anilines is 1. The van der Waals surface area contributed by atoms with Crippen LogP contribution in [0.4, 0.5) is 5.69 Å². The fourth-order valence-electron chi connectivity index (χ4n) is 2.26. The maximum absolute atomic E-state index is 9.96. The lowest BCUT2D eigenvalue weighted by Gasteiger charge is -2.31. The Kier molecular flexibility index (Phi) is 4.63. The van der Waals surface area contributed by atoms with Gasteiger partial charge in [-0.05, 0) is 24.5 Å². The molecule has 0 fully saturated rings.